The summed E-state index contributed by atoms with van der Waals surface area (Å²) in [5, 5.41) is 3.01. The minimum absolute atomic E-state index is 0.175. The van der Waals surface area contributed by atoms with E-state index >= 15 is 0 Å². The van der Waals surface area contributed by atoms with Crippen molar-refractivity contribution in [2.45, 2.75) is 31.5 Å². The van der Waals surface area contributed by atoms with Crippen LogP contribution >= 0.6 is 11.5 Å². The molecule has 0 amide bonds. The van der Waals surface area contributed by atoms with E-state index in [4.69, 9.17) is 4.74 Å². The molecule has 0 aromatic carbocycles. The highest BCUT2D eigenvalue weighted by Crippen LogP contribution is 2.30. The smallest absolute Gasteiger partial charge is 0.373 e. The molecule has 1 aromatic rings. The summed E-state index contributed by atoms with van der Waals surface area (Å²) in [4.78, 5) is 3.39. The van der Waals surface area contributed by atoms with Gasteiger partial charge >= 0.3 is 6.18 Å². The van der Waals surface area contributed by atoms with Crippen molar-refractivity contribution in [2.24, 2.45) is 0 Å². The molecular formula is C9H12F3N3OS. The Bertz CT molecular complexity index is 387. The van der Waals surface area contributed by atoms with Crippen LogP contribution in [0.1, 0.15) is 25.6 Å². The molecule has 2 heterocycles. The lowest BCUT2D eigenvalue weighted by Crippen LogP contribution is -2.32. The second-order valence-electron chi connectivity index (χ2n) is 4.18. The molecule has 0 radical (unpaired) electrons. The summed E-state index contributed by atoms with van der Waals surface area (Å²) in [6.45, 7) is 3.07. The largest absolute Gasteiger partial charge is 0.452 e. The number of hydrogen-bond donors (Lipinski definition) is 1. The standard InChI is InChI=1S/C9H12F3N3OS/c1-8(3-2-4-16-8)5-13-7-14-6(15-17-7)9(10,11)12/h2-5H2,1H3,(H,13,14,15). The van der Waals surface area contributed by atoms with Gasteiger partial charge in [-0.15, -0.1) is 0 Å². The Morgan fingerprint density at radius 1 is 1.53 bits per heavy atom. The lowest BCUT2D eigenvalue weighted by Gasteiger charge is -2.22. The van der Waals surface area contributed by atoms with Gasteiger partial charge in [0.25, 0.3) is 0 Å². The Labute approximate surface area is 100 Å². The predicted molar refractivity (Wildman–Crippen MR) is 57.0 cm³/mol. The maximum absolute atomic E-state index is 12.2. The van der Waals surface area contributed by atoms with Crippen LogP contribution in [0.5, 0.6) is 0 Å². The molecule has 8 heteroatoms. The van der Waals surface area contributed by atoms with E-state index in [0.29, 0.717) is 24.7 Å². The molecule has 1 saturated heterocycles. The van der Waals surface area contributed by atoms with Gasteiger partial charge in [-0.1, -0.05) is 0 Å². The zero-order valence-corrected chi connectivity index (χ0v) is 9.99. The van der Waals surface area contributed by atoms with Crippen molar-refractivity contribution >= 4 is 16.7 Å². The fraction of sp³-hybridized carbons (Fsp3) is 0.778. The topological polar surface area (TPSA) is 47.0 Å². The van der Waals surface area contributed by atoms with Crippen molar-refractivity contribution in [3.05, 3.63) is 5.82 Å². The lowest BCUT2D eigenvalue weighted by atomic mass is 10.0. The van der Waals surface area contributed by atoms with Gasteiger partial charge in [-0.05, 0) is 19.8 Å². The number of aromatic nitrogens is 2. The lowest BCUT2D eigenvalue weighted by molar-refractivity contribution is -0.144. The number of nitrogens with zero attached hydrogens (tertiary/aromatic N) is 2. The summed E-state index contributed by atoms with van der Waals surface area (Å²) in [6, 6.07) is 0. The van der Waals surface area contributed by atoms with Crippen LogP contribution in [0.3, 0.4) is 0 Å². The van der Waals surface area contributed by atoms with E-state index in [1.165, 1.54) is 0 Å². The summed E-state index contributed by atoms with van der Waals surface area (Å²) in [5.41, 5.74) is -0.315. The Morgan fingerprint density at radius 2 is 2.29 bits per heavy atom. The van der Waals surface area contributed by atoms with E-state index in [0.717, 1.165) is 12.8 Å². The SMILES string of the molecule is CC1(CNc2nc(C(F)(F)F)ns2)CCCO1. The van der Waals surface area contributed by atoms with Gasteiger partial charge in [0.15, 0.2) is 0 Å². The molecule has 0 saturated carbocycles. The first-order chi connectivity index (χ1) is 7.89. The Morgan fingerprint density at radius 3 is 2.82 bits per heavy atom. The van der Waals surface area contributed by atoms with Crippen molar-refractivity contribution in [2.75, 3.05) is 18.5 Å². The molecule has 0 spiro atoms. The number of rotatable bonds is 3. The average molecular weight is 267 g/mol. The maximum Gasteiger partial charge on any atom is 0.452 e. The molecule has 17 heavy (non-hydrogen) atoms. The summed E-state index contributed by atoms with van der Waals surface area (Å²) >= 11 is 0.711. The zero-order valence-electron chi connectivity index (χ0n) is 9.17. The van der Waals surface area contributed by atoms with Gasteiger partial charge in [-0.2, -0.15) is 22.5 Å². The molecule has 4 nitrogen and oxygen atoms in total. The molecule has 2 rings (SSSR count). The first-order valence-corrected chi connectivity index (χ1v) is 5.95. The summed E-state index contributed by atoms with van der Waals surface area (Å²) in [7, 11) is 0. The Hall–Kier alpha value is -0.890. The second-order valence-corrected chi connectivity index (χ2v) is 4.93. The first kappa shape index (κ1) is 12.6. The number of alkyl halides is 3. The van der Waals surface area contributed by atoms with Crippen molar-refractivity contribution < 1.29 is 17.9 Å². The molecule has 1 aliphatic rings. The van der Waals surface area contributed by atoms with Gasteiger partial charge in [0, 0.05) is 24.7 Å². The molecular weight excluding hydrogens is 255 g/mol. The average Bonchev–Trinajstić information content (AvgIpc) is 2.83. The van der Waals surface area contributed by atoms with Crippen LogP contribution in [-0.4, -0.2) is 28.1 Å². The fourth-order valence-corrected chi connectivity index (χ4v) is 2.23. The van der Waals surface area contributed by atoms with E-state index < -0.39 is 12.0 Å². The number of hydrogen-bond acceptors (Lipinski definition) is 5. The van der Waals surface area contributed by atoms with Crippen LogP contribution in [-0.2, 0) is 10.9 Å². The van der Waals surface area contributed by atoms with E-state index in [1.54, 1.807) is 0 Å². The van der Waals surface area contributed by atoms with Gasteiger partial charge in [-0.3, -0.25) is 0 Å². The number of anilines is 1. The van der Waals surface area contributed by atoms with Crippen LogP contribution in [0.25, 0.3) is 0 Å². The fourth-order valence-electron chi connectivity index (χ4n) is 1.65. The zero-order chi connectivity index (χ0) is 12.5. The molecule has 1 aromatic heterocycles. The van der Waals surface area contributed by atoms with Crippen molar-refractivity contribution in [1.82, 2.24) is 9.36 Å². The van der Waals surface area contributed by atoms with Crippen molar-refractivity contribution in [1.29, 1.82) is 0 Å². The van der Waals surface area contributed by atoms with E-state index in [-0.39, 0.29) is 10.7 Å². The molecule has 1 N–H and O–H groups in total. The summed E-state index contributed by atoms with van der Waals surface area (Å²) in [6.07, 6.45) is -2.61. The number of nitrogens with one attached hydrogen (secondary N) is 1. The van der Waals surface area contributed by atoms with E-state index in [1.807, 2.05) is 6.92 Å². The molecule has 1 unspecified atom stereocenters. The van der Waals surface area contributed by atoms with Crippen LogP contribution in [0, 0.1) is 0 Å². The van der Waals surface area contributed by atoms with Crippen molar-refractivity contribution in [3.8, 4) is 0 Å². The molecule has 0 bridgehead atoms. The third-order valence-electron chi connectivity index (χ3n) is 2.59. The van der Waals surface area contributed by atoms with Gasteiger partial charge in [0.2, 0.25) is 11.0 Å². The molecule has 1 atom stereocenters. The highest BCUT2D eigenvalue weighted by molar-refractivity contribution is 7.09. The monoisotopic (exact) mass is 267 g/mol. The highest BCUT2D eigenvalue weighted by Gasteiger charge is 2.36. The number of ether oxygens (including phenoxy) is 1. The minimum atomic E-state index is -4.48. The summed E-state index contributed by atoms with van der Waals surface area (Å²) in [5.74, 6) is -1.09. The summed E-state index contributed by atoms with van der Waals surface area (Å²) < 4.78 is 45.5. The highest BCUT2D eigenvalue weighted by atomic mass is 32.1. The third kappa shape index (κ3) is 3.06. The van der Waals surface area contributed by atoms with Gasteiger partial charge in [0.1, 0.15) is 0 Å². The molecule has 1 aliphatic heterocycles. The van der Waals surface area contributed by atoms with Crippen LogP contribution in [0.2, 0.25) is 0 Å². The molecule has 96 valence electrons. The molecule has 0 aliphatic carbocycles. The van der Waals surface area contributed by atoms with Crippen LogP contribution in [0.15, 0.2) is 0 Å². The maximum atomic E-state index is 12.2. The van der Waals surface area contributed by atoms with Crippen molar-refractivity contribution in [3.63, 3.8) is 0 Å². The minimum Gasteiger partial charge on any atom is -0.373 e. The van der Waals surface area contributed by atoms with Crippen LogP contribution in [0.4, 0.5) is 18.3 Å². The number of halogens is 3. The first-order valence-electron chi connectivity index (χ1n) is 5.18. The van der Waals surface area contributed by atoms with Crippen LogP contribution < -0.4 is 5.32 Å². The Kier molecular flexibility index (Phi) is 3.26. The second kappa shape index (κ2) is 4.41. The van der Waals surface area contributed by atoms with E-state index in [2.05, 4.69) is 14.7 Å². The van der Waals surface area contributed by atoms with Gasteiger partial charge in [0.05, 0.1) is 5.60 Å². The van der Waals surface area contributed by atoms with E-state index in [9.17, 15) is 13.2 Å². The Balaban J connectivity index is 1.93. The quantitative estimate of drug-likeness (QED) is 0.914. The van der Waals surface area contributed by atoms with Gasteiger partial charge < -0.3 is 10.1 Å². The predicted octanol–water partition coefficient (Wildman–Crippen LogP) is 2.54. The third-order valence-corrected chi connectivity index (χ3v) is 3.27. The molecule has 1 fully saturated rings. The van der Waals surface area contributed by atoms with Gasteiger partial charge in [-0.25, -0.2) is 0 Å². The normalized spacial score (nSPS) is 25.2.